The van der Waals surface area contributed by atoms with Crippen LogP contribution in [0.25, 0.3) is 0 Å². The number of hydrogen-bond donors (Lipinski definition) is 1. The van der Waals surface area contributed by atoms with Crippen molar-refractivity contribution < 1.29 is 17.9 Å². The molecule has 1 aliphatic heterocycles. The molecule has 0 unspecified atom stereocenters. The fourth-order valence-electron chi connectivity index (χ4n) is 2.56. The van der Waals surface area contributed by atoms with Gasteiger partial charge in [-0.15, -0.1) is 0 Å². The van der Waals surface area contributed by atoms with E-state index in [0.717, 1.165) is 31.7 Å². The average molecular weight is 288 g/mol. The van der Waals surface area contributed by atoms with Crippen LogP contribution in [0.4, 0.5) is 13.2 Å². The molecule has 1 heterocycles. The summed E-state index contributed by atoms with van der Waals surface area (Å²) < 4.78 is 41.7. The molecule has 6 heteroatoms. The first-order valence-corrected chi connectivity index (χ1v) is 6.76. The lowest BCUT2D eigenvalue weighted by Crippen LogP contribution is -2.45. The summed E-state index contributed by atoms with van der Waals surface area (Å²) in [6.07, 6.45) is 0.359. The Morgan fingerprint density at radius 3 is 2.65 bits per heavy atom. The van der Waals surface area contributed by atoms with Crippen molar-refractivity contribution in [2.75, 3.05) is 32.9 Å². The topological polar surface area (TPSA) is 24.5 Å². The van der Waals surface area contributed by atoms with Crippen molar-refractivity contribution in [3.05, 3.63) is 29.8 Å². The Balaban J connectivity index is 2.15. The van der Waals surface area contributed by atoms with E-state index in [9.17, 15) is 13.2 Å². The van der Waals surface area contributed by atoms with Crippen LogP contribution in [0, 0.1) is 0 Å². The number of nitrogens with zero attached hydrogens (tertiary/aromatic N) is 1. The summed E-state index contributed by atoms with van der Waals surface area (Å²) in [7, 11) is 0. The molecule has 1 aromatic carbocycles. The number of ether oxygens (including phenoxy) is 1. The monoisotopic (exact) mass is 288 g/mol. The molecule has 3 nitrogen and oxygen atoms in total. The van der Waals surface area contributed by atoms with Crippen molar-refractivity contribution in [3.63, 3.8) is 0 Å². The molecule has 0 radical (unpaired) electrons. The van der Waals surface area contributed by atoms with E-state index in [4.69, 9.17) is 0 Å². The minimum atomic E-state index is -2.84. The lowest BCUT2D eigenvalue weighted by atomic mass is 10.0. The van der Waals surface area contributed by atoms with E-state index < -0.39 is 13.3 Å². The molecule has 112 valence electrons. The van der Waals surface area contributed by atoms with E-state index in [1.807, 2.05) is 6.07 Å². The fraction of sp³-hybridized carbons (Fsp3) is 0.571. The van der Waals surface area contributed by atoms with Crippen LogP contribution in [-0.4, -0.2) is 44.4 Å². The van der Waals surface area contributed by atoms with Crippen molar-refractivity contribution in [1.29, 1.82) is 0 Å². The zero-order valence-electron chi connectivity index (χ0n) is 11.2. The van der Waals surface area contributed by atoms with Crippen LogP contribution in [0.2, 0.25) is 0 Å². The summed E-state index contributed by atoms with van der Waals surface area (Å²) in [4.78, 5) is 2.18. The Kier molecular flexibility index (Phi) is 5.67. The molecule has 1 saturated heterocycles. The van der Waals surface area contributed by atoms with Crippen LogP contribution in [-0.2, 0) is 0 Å². The summed E-state index contributed by atoms with van der Waals surface area (Å²) in [6, 6.07) is 6.47. The van der Waals surface area contributed by atoms with Gasteiger partial charge in [0.05, 0.1) is 6.67 Å². The van der Waals surface area contributed by atoms with E-state index in [-0.39, 0.29) is 11.8 Å². The number of benzene rings is 1. The fourth-order valence-corrected chi connectivity index (χ4v) is 2.56. The molecule has 1 aromatic rings. The highest BCUT2D eigenvalue weighted by molar-refractivity contribution is 5.30. The highest BCUT2D eigenvalue weighted by atomic mass is 19.3. The number of nitrogens with one attached hydrogen (secondary N) is 1. The van der Waals surface area contributed by atoms with Crippen LogP contribution >= 0.6 is 0 Å². The van der Waals surface area contributed by atoms with Crippen LogP contribution in [0.5, 0.6) is 5.75 Å². The number of rotatable bonds is 6. The first kappa shape index (κ1) is 15.1. The lowest BCUT2D eigenvalue weighted by Gasteiger charge is -2.35. The van der Waals surface area contributed by atoms with Gasteiger partial charge in [0.1, 0.15) is 5.75 Å². The normalized spacial score (nSPS) is 18.2. The highest BCUT2D eigenvalue weighted by Crippen LogP contribution is 2.28. The molecule has 0 spiro atoms. The van der Waals surface area contributed by atoms with Crippen molar-refractivity contribution >= 4 is 0 Å². The Morgan fingerprint density at radius 2 is 2.00 bits per heavy atom. The van der Waals surface area contributed by atoms with Gasteiger partial charge < -0.3 is 10.1 Å². The van der Waals surface area contributed by atoms with Gasteiger partial charge in [-0.2, -0.15) is 8.78 Å². The third kappa shape index (κ3) is 4.11. The molecule has 1 atom stereocenters. The van der Waals surface area contributed by atoms with Crippen LogP contribution in [0.1, 0.15) is 18.0 Å². The van der Waals surface area contributed by atoms with Gasteiger partial charge in [0.2, 0.25) is 0 Å². The van der Waals surface area contributed by atoms with E-state index in [1.54, 1.807) is 12.1 Å². The molecule has 0 bridgehead atoms. The summed E-state index contributed by atoms with van der Waals surface area (Å²) in [5.74, 6) is 0.122. The van der Waals surface area contributed by atoms with Crippen LogP contribution in [0.15, 0.2) is 24.3 Å². The van der Waals surface area contributed by atoms with E-state index in [0.29, 0.717) is 6.42 Å². The molecular weight excluding hydrogens is 269 g/mol. The molecule has 0 aromatic heterocycles. The molecule has 0 aliphatic carbocycles. The standard InChI is InChI=1S/C14H19F3N2O/c15-5-4-13(19-8-6-18-7-9-19)11-2-1-3-12(10-11)20-14(16)17/h1-3,10,13-14,18H,4-9H2/t13-/m1/s1. The van der Waals surface area contributed by atoms with Gasteiger partial charge >= 0.3 is 6.61 Å². The minimum absolute atomic E-state index is 0.0941. The number of hydrogen-bond acceptors (Lipinski definition) is 3. The van der Waals surface area contributed by atoms with E-state index >= 15 is 0 Å². The number of piperazine rings is 1. The second kappa shape index (κ2) is 7.50. The van der Waals surface area contributed by atoms with Crippen molar-refractivity contribution in [2.24, 2.45) is 0 Å². The Morgan fingerprint density at radius 1 is 1.25 bits per heavy atom. The zero-order valence-corrected chi connectivity index (χ0v) is 11.2. The largest absolute Gasteiger partial charge is 0.435 e. The van der Waals surface area contributed by atoms with Crippen LogP contribution in [0.3, 0.4) is 0 Å². The van der Waals surface area contributed by atoms with Gasteiger partial charge in [-0.3, -0.25) is 9.29 Å². The highest BCUT2D eigenvalue weighted by Gasteiger charge is 2.22. The first-order valence-electron chi connectivity index (χ1n) is 6.76. The molecule has 2 rings (SSSR count). The molecule has 1 N–H and O–H groups in total. The predicted octanol–water partition coefficient (Wildman–Crippen LogP) is 2.59. The lowest BCUT2D eigenvalue weighted by molar-refractivity contribution is -0.0499. The SMILES string of the molecule is FCC[C@H](c1cccc(OC(F)F)c1)N1CCNCC1. The number of alkyl halides is 3. The molecule has 20 heavy (non-hydrogen) atoms. The van der Waals surface area contributed by atoms with Crippen molar-refractivity contribution in [2.45, 2.75) is 19.1 Å². The molecule has 0 amide bonds. The van der Waals surface area contributed by atoms with E-state index in [1.165, 1.54) is 6.07 Å². The zero-order chi connectivity index (χ0) is 14.4. The maximum atomic E-state index is 12.8. The second-order valence-corrected chi connectivity index (χ2v) is 4.73. The Labute approximate surface area is 116 Å². The minimum Gasteiger partial charge on any atom is -0.435 e. The smallest absolute Gasteiger partial charge is 0.387 e. The summed E-state index contributed by atoms with van der Waals surface area (Å²) >= 11 is 0. The van der Waals surface area contributed by atoms with Gasteiger partial charge in [-0.25, -0.2) is 0 Å². The molecule has 1 fully saturated rings. The number of halogens is 3. The quantitative estimate of drug-likeness (QED) is 0.871. The Bertz CT molecular complexity index is 411. The van der Waals surface area contributed by atoms with Gasteiger partial charge in [-0.05, 0) is 24.1 Å². The average Bonchev–Trinajstić information content (AvgIpc) is 2.45. The maximum absolute atomic E-state index is 12.8. The maximum Gasteiger partial charge on any atom is 0.387 e. The van der Waals surface area contributed by atoms with Gasteiger partial charge in [0.25, 0.3) is 0 Å². The van der Waals surface area contributed by atoms with Gasteiger partial charge in [-0.1, -0.05) is 12.1 Å². The van der Waals surface area contributed by atoms with Crippen LogP contribution < -0.4 is 10.1 Å². The molecule has 0 saturated carbocycles. The summed E-state index contributed by atoms with van der Waals surface area (Å²) in [5, 5.41) is 3.24. The predicted molar refractivity (Wildman–Crippen MR) is 70.8 cm³/mol. The summed E-state index contributed by atoms with van der Waals surface area (Å²) in [5.41, 5.74) is 0.822. The van der Waals surface area contributed by atoms with Crippen molar-refractivity contribution in [1.82, 2.24) is 10.2 Å². The van der Waals surface area contributed by atoms with Gasteiger partial charge in [0, 0.05) is 32.2 Å². The third-order valence-corrected chi connectivity index (χ3v) is 3.44. The molecule has 1 aliphatic rings. The van der Waals surface area contributed by atoms with Gasteiger partial charge in [0.15, 0.2) is 0 Å². The second-order valence-electron chi connectivity index (χ2n) is 4.73. The summed E-state index contributed by atoms with van der Waals surface area (Å²) in [6.45, 7) is 0.0829. The third-order valence-electron chi connectivity index (χ3n) is 3.44. The van der Waals surface area contributed by atoms with E-state index in [2.05, 4.69) is 15.0 Å². The molecular formula is C14H19F3N2O. The first-order chi connectivity index (χ1) is 9.70. The van der Waals surface area contributed by atoms with Crippen molar-refractivity contribution in [3.8, 4) is 5.75 Å². The Hall–Kier alpha value is -1.27.